The first-order valence-electron chi connectivity index (χ1n) is 6.13. The van der Waals surface area contributed by atoms with Gasteiger partial charge in [-0.1, -0.05) is 35.3 Å². The summed E-state index contributed by atoms with van der Waals surface area (Å²) < 4.78 is 11.1. The molecule has 0 bridgehead atoms. The molecule has 0 aliphatic rings. The zero-order valence-electron chi connectivity index (χ0n) is 11.0. The molecule has 5 heteroatoms. The molecular formula is C15H15Cl2NO2. The molecule has 0 saturated carbocycles. The molecule has 2 aromatic rings. The van der Waals surface area contributed by atoms with Crippen molar-refractivity contribution in [1.82, 2.24) is 0 Å². The van der Waals surface area contributed by atoms with Crippen LogP contribution >= 0.6 is 23.2 Å². The van der Waals surface area contributed by atoms with Gasteiger partial charge in [-0.25, -0.2) is 0 Å². The Morgan fingerprint density at radius 2 is 1.70 bits per heavy atom. The van der Waals surface area contributed by atoms with Crippen LogP contribution in [0.3, 0.4) is 0 Å². The van der Waals surface area contributed by atoms with Gasteiger partial charge in [-0.3, -0.25) is 0 Å². The van der Waals surface area contributed by atoms with Gasteiger partial charge in [-0.2, -0.15) is 0 Å². The van der Waals surface area contributed by atoms with Gasteiger partial charge in [-0.15, -0.1) is 0 Å². The summed E-state index contributed by atoms with van der Waals surface area (Å²) in [7, 11) is 0. The second-order valence-electron chi connectivity index (χ2n) is 4.29. The summed E-state index contributed by atoms with van der Waals surface area (Å²) in [4.78, 5) is 0. The maximum absolute atomic E-state index is 6.01. The smallest absolute Gasteiger partial charge is 0.142 e. The lowest BCUT2D eigenvalue weighted by Gasteiger charge is -2.11. The third-order valence-corrected chi connectivity index (χ3v) is 3.48. The molecule has 20 heavy (non-hydrogen) atoms. The highest BCUT2D eigenvalue weighted by Gasteiger charge is 2.05. The molecule has 2 aromatic carbocycles. The van der Waals surface area contributed by atoms with Crippen LogP contribution in [0, 0.1) is 6.92 Å². The van der Waals surface area contributed by atoms with Gasteiger partial charge in [0.2, 0.25) is 0 Å². The maximum atomic E-state index is 6.01. The number of hydrogen-bond donors (Lipinski definition) is 1. The molecule has 106 valence electrons. The molecule has 2 rings (SSSR count). The van der Waals surface area contributed by atoms with Gasteiger partial charge in [0, 0.05) is 0 Å². The lowest BCUT2D eigenvalue weighted by molar-refractivity contribution is 0.218. The Labute approximate surface area is 128 Å². The number of aryl methyl sites for hydroxylation is 1. The predicted molar refractivity (Wildman–Crippen MR) is 83.0 cm³/mol. The van der Waals surface area contributed by atoms with Crippen LogP contribution < -0.4 is 15.2 Å². The lowest BCUT2D eigenvalue weighted by Crippen LogP contribution is -2.10. The van der Waals surface area contributed by atoms with Crippen molar-refractivity contribution in [1.29, 1.82) is 0 Å². The SMILES string of the molecule is Cc1ccc(OCCOc2cccc(Cl)c2Cl)c(N)c1. The molecule has 0 amide bonds. The first kappa shape index (κ1) is 14.8. The fourth-order valence-electron chi connectivity index (χ4n) is 1.70. The van der Waals surface area contributed by atoms with Gasteiger partial charge in [0.1, 0.15) is 29.7 Å². The summed E-state index contributed by atoms with van der Waals surface area (Å²) in [6.07, 6.45) is 0. The van der Waals surface area contributed by atoms with Gasteiger partial charge in [-0.05, 0) is 36.8 Å². The minimum absolute atomic E-state index is 0.355. The van der Waals surface area contributed by atoms with Crippen molar-refractivity contribution in [3.63, 3.8) is 0 Å². The lowest BCUT2D eigenvalue weighted by atomic mass is 10.2. The third-order valence-electron chi connectivity index (χ3n) is 2.68. The highest BCUT2D eigenvalue weighted by atomic mass is 35.5. The Hall–Kier alpha value is -1.58. The zero-order chi connectivity index (χ0) is 14.5. The molecule has 0 aliphatic carbocycles. The van der Waals surface area contributed by atoms with Crippen molar-refractivity contribution < 1.29 is 9.47 Å². The van der Waals surface area contributed by atoms with Crippen LogP contribution in [0.2, 0.25) is 10.0 Å². The number of nitrogens with two attached hydrogens (primary N) is 1. The largest absolute Gasteiger partial charge is 0.488 e. The van der Waals surface area contributed by atoms with Crippen LogP contribution in [0.4, 0.5) is 5.69 Å². The molecular weight excluding hydrogens is 297 g/mol. The van der Waals surface area contributed by atoms with Gasteiger partial charge < -0.3 is 15.2 Å². The van der Waals surface area contributed by atoms with E-state index in [1.165, 1.54) is 0 Å². The normalized spacial score (nSPS) is 10.3. The van der Waals surface area contributed by atoms with Crippen LogP contribution in [0.1, 0.15) is 5.56 Å². The minimum atomic E-state index is 0.355. The average molecular weight is 312 g/mol. The molecule has 0 atom stereocenters. The van der Waals surface area contributed by atoms with Crippen molar-refractivity contribution in [2.24, 2.45) is 0 Å². The number of anilines is 1. The summed E-state index contributed by atoms with van der Waals surface area (Å²) in [6.45, 7) is 2.70. The second kappa shape index (κ2) is 6.73. The van der Waals surface area contributed by atoms with Crippen LogP contribution in [-0.2, 0) is 0 Å². The molecule has 0 saturated heterocycles. The van der Waals surface area contributed by atoms with E-state index < -0.39 is 0 Å². The van der Waals surface area contributed by atoms with Crippen molar-refractivity contribution in [2.75, 3.05) is 18.9 Å². The van der Waals surface area contributed by atoms with E-state index in [1.807, 2.05) is 25.1 Å². The first-order valence-corrected chi connectivity index (χ1v) is 6.89. The van der Waals surface area contributed by atoms with Crippen molar-refractivity contribution >= 4 is 28.9 Å². The van der Waals surface area contributed by atoms with Crippen molar-refractivity contribution in [2.45, 2.75) is 6.92 Å². The number of halogens is 2. The monoisotopic (exact) mass is 311 g/mol. The van der Waals surface area contributed by atoms with E-state index in [4.69, 9.17) is 38.4 Å². The molecule has 0 spiro atoms. The van der Waals surface area contributed by atoms with Gasteiger partial charge >= 0.3 is 0 Å². The van der Waals surface area contributed by atoms with Crippen LogP contribution in [-0.4, -0.2) is 13.2 Å². The van der Waals surface area contributed by atoms with E-state index in [2.05, 4.69) is 0 Å². The Kier molecular flexibility index (Phi) is 4.99. The number of hydrogen-bond acceptors (Lipinski definition) is 3. The topological polar surface area (TPSA) is 44.5 Å². The van der Waals surface area contributed by atoms with Gasteiger partial charge in [0.25, 0.3) is 0 Å². The second-order valence-corrected chi connectivity index (χ2v) is 5.08. The highest BCUT2D eigenvalue weighted by molar-refractivity contribution is 6.42. The highest BCUT2D eigenvalue weighted by Crippen LogP contribution is 2.31. The summed E-state index contributed by atoms with van der Waals surface area (Å²) in [6, 6.07) is 10.9. The van der Waals surface area contributed by atoms with E-state index in [0.717, 1.165) is 5.56 Å². The summed E-state index contributed by atoms with van der Waals surface area (Å²) in [5.41, 5.74) is 7.57. The van der Waals surface area contributed by atoms with Gasteiger partial charge in [0.15, 0.2) is 0 Å². The number of benzene rings is 2. The standard InChI is InChI=1S/C15H15Cl2NO2/c1-10-5-6-13(12(18)9-10)19-7-8-20-14-4-2-3-11(16)15(14)17/h2-6,9H,7-8,18H2,1H3. The zero-order valence-corrected chi connectivity index (χ0v) is 12.5. The Morgan fingerprint density at radius 3 is 2.40 bits per heavy atom. The third kappa shape index (κ3) is 3.71. The quantitative estimate of drug-likeness (QED) is 0.660. The van der Waals surface area contributed by atoms with E-state index in [9.17, 15) is 0 Å². The van der Waals surface area contributed by atoms with Crippen LogP contribution in [0.25, 0.3) is 0 Å². The first-order chi connectivity index (χ1) is 9.58. The van der Waals surface area contributed by atoms with Crippen molar-refractivity contribution in [3.05, 3.63) is 52.0 Å². The van der Waals surface area contributed by atoms with Crippen LogP contribution in [0.15, 0.2) is 36.4 Å². The molecule has 0 aromatic heterocycles. The molecule has 0 heterocycles. The molecule has 0 radical (unpaired) electrons. The molecule has 0 aliphatic heterocycles. The average Bonchev–Trinajstić information content (AvgIpc) is 2.41. The van der Waals surface area contributed by atoms with E-state index in [-0.39, 0.29) is 0 Å². The Morgan fingerprint density at radius 1 is 1.00 bits per heavy atom. The number of ether oxygens (including phenoxy) is 2. The van der Waals surface area contributed by atoms with E-state index >= 15 is 0 Å². The summed E-state index contributed by atoms with van der Waals surface area (Å²) >= 11 is 11.9. The molecule has 3 nitrogen and oxygen atoms in total. The Balaban J connectivity index is 1.86. The molecule has 0 unspecified atom stereocenters. The van der Waals surface area contributed by atoms with E-state index in [1.54, 1.807) is 18.2 Å². The summed E-state index contributed by atoms with van der Waals surface area (Å²) in [5.74, 6) is 1.19. The van der Waals surface area contributed by atoms with E-state index in [0.29, 0.717) is 40.4 Å². The fraction of sp³-hybridized carbons (Fsp3) is 0.200. The number of nitrogen functional groups attached to an aromatic ring is 1. The summed E-state index contributed by atoms with van der Waals surface area (Å²) in [5, 5.41) is 0.872. The fourth-order valence-corrected chi connectivity index (χ4v) is 2.04. The molecule has 2 N–H and O–H groups in total. The van der Waals surface area contributed by atoms with Gasteiger partial charge in [0.05, 0.1) is 10.7 Å². The predicted octanol–water partition coefficient (Wildman–Crippen LogP) is 4.34. The number of rotatable bonds is 5. The van der Waals surface area contributed by atoms with Crippen molar-refractivity contribution in [3.8, 4) is 11.5 Å². The molecule has 0 fully saturated rings. The minimum Gasteiger partial charge on any atom is -0.488 e. The maximum Gasteiger partial charge on any atom is 0.142 e. The van der Waals surface area contributed by atoms with Crippen LogP contribution in [0.5, 0.6) is 11.5 Å². The Bertz CT molecular complexity index is 602.